The fourth-order valence-electron chi connectivity index (χ4n) is 0.873. The highest BCUT2D eigenvalue weighted by atomic mass is 16.5. The average molecular weight is 139 g/mol. The third-order valence-corrected chi connectivity index (χ3v) is 1.44. The van der Waals surface area contributed by atoms with Gasteiger partial charge in [0.1, 0.15) is 0 Å². The largest absolute Gasteiger partial charge is 0.379 e. The molecule has 0 spiro atoms. The summed E-state index contributed by atoms with van der Waals surface area (Å²) in [5.41, 5.74) is 0. The van der Waals surface area contributed by atoms with Crippen LogP contribution in [0.25, 0.3) is 0 Å². The van der Waals surface area contributed by atoms with Gasteiger partial charge in [-0.3, -0.25) is 0 Å². The van der Waals surface area contributed by atoms with Crippen LogP contribution in [0.5, 0.6) is 0 Å². The first kappa shape index (κ1) is 7.59. The van der Waals surface area contributed by atoms with Gasteiger partial charge >= 0.3 is 0 Å². The van der Waals surface area contributed by atoms with E-state index in [1.165, 1.54) is 0 Å². The highest BCUT2D eigenvalue weighted by Crippen LogP contribution is 2.17. The van der Waals surface area contributed by atoms with Gasteiger partial charge in [-0.2, -0.15) is 0 Å². The molecule has 0 bridgehead atoms. The van der Waals surface area contributed by atoms with E-state index in [1.807, 2.05) is 6.92 Å². The van der Waals surface area contributed by atoms with Crippen molar-refractivity contribution < 1.29 is 9.47 Å². The Labute approximate surface area is 61.5 Å². The monoisotopic (exact) mass is 139 g/mol. The second-order valence-corrected chi connectivity index (χ2v) is 2.33. The number of rotatable bonds is 0. The van der Waals surface area contributed by atoms with Crippen molar-refractivity contribution in [1.29, 1.82) is 0 Å². The smallest absolute Gasteiger partial charge is 0.173 e. The summed E-state index contributed by atoms with van der Waals surface area (Å²) in [5, 5.41) is 0. The molecule has 1 atom stereocenters. The molecule has 0 aromatic carbocycles. The fourth-order valence-corrected chi connectivity index (χ4v) is 0.873. The molecule has 10 heavy (non-hydrogen) atoms. The number of ether oxygens (including phenoxy) is 2. The summed E-state index contributed by atoms with van der Waals surface area (Å²) in [5.74, 6) is 2.75. The first-order chi connectivity index (χ1) is 4.84. The Morgan fingerprint density at radius 1 is 1.60 bits per heavy atom. The Hall–Kier alpha value is -0.520. The van der Waals surface area contributed by atoms with Gasteiger partial charge in [0.15, 0.2) is 6.10 Å². The van der Waals surface area contributed by atoms with Gasteiger partial charge in [0.25, 0.3) is 0 Å². The fraction of sp³-hybridized carbons (Fsp3) is 0.625. The van der Waals surface area contributed by atoms with Crippen LogP contribution in [0.2, 0.25) is 0 Å². The minimum Gasteiger partial charge on any atom is -0.379 e. The first-order valence-electron chi connectivity index (χ1n) is 3.38. The van der Waals surface area contributed by atoms with Crippen LogP contribution in [-0.4, -0.2) is 19.8 Å². The van der Waals surface area contributed by atoms with Gasteiger partial charge in [-0.25, -0.2) is 0 Å². The Morgan fingerprint density at radius 2 is 2.40 bits per heavy atom. The second kappa shape index (κ2) is 3.60. The molecule has 0 saturated carbocycles. The lowest BCUT2D eigenvalue weighted by molar-refractivity contribution is 0.109. The van der Waals surface area contributed by atoms with Crippen LogP contribution in [0.15, 0.2) is 0 Å². The summed E-state index contributed by atoms with van der Waals surface area (Å²) in [7, 11) is 0. The van der Waals surface area contributed by atoms with Crippen LogP contribution >= 0.6 is 0 Å². The Kier molecular flexibility index (Phi) is 2.73. The van der Waals surface area contributed by atoms with Gasteiger partial charge in [-0.15, -0.1) is 6.42 Å². The normalized spacial score (nSPS) is 29.0. The zero-order valence-corrected chi connectivity index (χ0v) is 6.09. The topological polar surface area (TPSA) is 18.5 Å². The third kappa shape index (κ3) is 1.73. The summed E-state index contributed by atoms with van der Waals surface area (Å²) in [6, 6.07) is 0. The lowest BCUT2D eigenvalue weighted by Gasteiger charge is -2.11. The molecule has 0 amide bonds. The predicted molar refractivity (Wildman–Crippen MR) is 38.0 cm³/mol. The molecule has 2 heteroatoms. The highest BCUT2D eigenvalue weighted by molar-refractivity contribution is 5.13. The molecule has 1 fully saturated rings. The van der Waals surface area contributed by atoms with Crippen molar-refractivity contribution in [3.8, 4) is 12.3 Å². The van der Waals surface area contributed by atoms with E-state index in [-0.39, 0.29) is 5.92 Å². The van der Waals surface area contributed by atoms with Crippen LogP contribution in [0.3, 0.4) is 0 Å². The molecule has 1 saturated heterocycles. The molecule has 0 aliphatic carbocycles. The van der Waals surface area contributed by atoms with E-state index in [0.717, 1.165) is 6.10 Å². The molecule has 55 valence electrons. The van der Waals surface area contributed by atoms with E-state index in [1.54, 1.807) is 0 Å². The summed E-state index contributed by atoms with van der Waals surface area (Å²) in [6.07, 6.45) is 5.92. The molecular weight excluding hydrogens is 128 g/mol. The van der Waals surface area contributed by atoms with Gasteiger partial charge in [0.2, 0.25) is 0 Å². The van der Waals surface area contributed by atoms with Gasteiger partial charge < -0.3 is 9.47 Å². The van der Waals surface area contributed by atoms with Crippen molar-refractivity contribution in [2.24, 2.45) is 5.92 Å². The van der Waals surface area contributed by atoms with Gasteiger partial charge in [-0.05, 0) is 0 Å². The molecule has 1 radical (unpaired) electrons. The van der Waals surface area contributed by atoms with E-state index in [0.29, 0.717) is 19.8 Å². The Bertz CT molecular complexity index is 137. The second-order valence-electron chi connectivity index (χ2n) is 2.33. The molecule has 1 aliphatic rings. The van der Waals surface area contributed by atoms with Crippen molar-refractivity contribution in [2.45, 2.75) is 6.92 Å². The summed E-state index contributed by atoms with van der Waals surface area (Å²) >= 11 is 0. The van der Waals surface area contributed by atoms with Crippen LogP contribution in [-0.2, 0) is 9.47 Å². The molecule has 0 aromatic heterocycles. The van der Waals surface area contributed by atoms with Crippen LogP contribution < -0.4 is 0 Å². The molecule has 2 nitrogen and oxygen atoms in total. The quantitative estimate of drug-likeness (QED) is 0.463. The van der Waals surface area contributed by atoms with Crippen molar-refractivity contribution in [3.05, 3.63) is 6.10 Å². The lowest BCUT2D eigenvalue weighted by atomic mass is 10.1. The Balaban J connectivity index is 2.45. The van der Waals surface area contributed by atoms with Crippen molar-refractivity contribution in [2.75, 3.05) is 19.8 Å². The standard InChI is InChI=1S/C8H11O2/c1-3-8-7(2)6-9-4-5-10-8/h1,7H,4-6H2,2H3. The predicted octanol–water partition coefficient (Wildman–Crippen LogP) is 0.834. The van der Waals surface area contributed by atoms with E-state index < -0.39 is 0 Å². The molecule has 1 aliphatic heterocycles. The minimum absolute atomic E-state index is 0.243. The van der Waals surface area contributed by atoms with Crippen LogP contribution in [0.4, 0.5) is 0 Å². The molecular formula is C8H11O2. The van der Waals surface area contributed by atoms with Crippen molar-refractivity contribution in [1.82, 2.24) is 0 Å². The maximum atomic E-state index is 5.22. The van der Waals surface area contributed by atoms with Gasteiger partial charge in [0.05, 0.1) is 19.8 Å². The molecule has 1 heterocycles. The summed E-state index contributed by atoms with van der Waals surface area (Å²) in [4.78, 5) is 0. The van der Waals surface area contributed by atoms with Crippen molar-refractivity contribution >= 4 is 0 Å². The SMILES string of the molecule is C#C[C]1OCCOCC1C. The average Bonchev–Trinajstić information content (AvgIpc) is 2.13. The van der Waals surface area contributed by atoms with E-state index in [4.69, 9.17) is 15.9 Å². The Morgan fingerprint density at radius 3 is 3.10 bits per heavy atom. The number of terminal acetylenes is 1. The van der Waals surface area contributed by atoms with E-state index >= 15 is 0 Å². The van der Waals surface area contributed by atoms with Gasteiger partial charge in [-0.1, -0.05) is 12.8 Å². The minimum atomic E-state index is 0.243. The molecule has 1 rings (SSSR count). The molecule has 0 N–H and O–H groups in total. The molecule has 0 aromatic rings. The third-order valence-electron chi connectivity index (χ3n) is 1.44. The van der Waals surface area contributed by atoms with Gasteiger partial charge in [0, 0.05) is 5.92 Å². The zero-order chi connectivity index (χ0) is 7.40. The highest BCUT2D eigenvalue weighted by Gasteiger charge is 2.19. The maximum Gasteiger partial charge on any atom is 0.173 e. The number of hydrogen-bond donors (Lipinski definition) is 0. The lowest BCUT2D eigenvalue weighted by Crippen LogP contribution is -2.11. The zero-order valence-electron chi connectivity index (χ0n) is 6.09. The van der Waals surface area contributed by atoms with E-state index in [9.17, 15) is 0 Å². The van der Waals surface area contributed by atoms with Crippen LogP contribution in [0.1, 0.15) is 6.92 Å². The first-order valence-corrected chi connectivity index (χ1v) is 3.38. The van der Waals surface area contributed by atoms with Crippen LogP contribution in [0, 0.1) is 24.4 Å². The molecule has 1 unspecified atom stereocenters. The summed E-state index contributed by atoms with van der Waals surface area (Å²) in [6.45, 7) is 3.92. The maximum absolute atomic E-state index is 5.22. The number of hydrogen-bond acceptors (Lipinski definition) is 2. The van der Waals surface area contributed by atoms with Crippen molar-refractivity contribution in [3.63, 3.8) is 0 Å². The van der Waals surface area contributed by atoms with E-state index in [2.05, 4.69) is 5.92 Å². The summed E-state index contributed by atoms with van der Waals surface area (Å²) < 4.78 is 10.4.